The van der Waals surface area contributed by atoms with Gasteiger partial charge in [-0.25, -0.2) is 4.39 Å². The zero-order valence-electron chi connectivity index (χ0n) is 15.9. The number of halogens is 2. The Labute approximate surface area is 173 Å². The maximum absolute atomic E-state index is 13.3. The fourth-order valence-corrected chi connectivity index (χ4v) is 2.68. The molecule has 0 heterocycles. The molecule has 0 atom stereocenters. The van der Waals surface area contributed by atoms with Gasteiger partial charge in [-0.3, -0.25) is 4.99 Å². The second-order valence-corrected chi connectivity index (χ2v) is 6.44. The average molecular weight is 470 g/mol. The summed E-state index contributed by atoms with van der Waals surface area (Å²) in [5, 5.41) is 3.35. The Balaban J connectivity index is 0.00000338. The standard InChI is InChI=1S/C20H27FN4.HI/c1-22-20(25(4)15-18-6-5-7-19(21)12-18)23-13-16-8-10-17(11-9-16)14-24(2)3;/h5-12H,13-15H2,1-4H3,(H,22,23);1H. The Kier molecular flexibility index (Phi) is 9.58. The Bertz CT molecular complexity index is 701. The van der Waals surface area contributed by atoms with Crippen LogP contribution in [0.4, 0.5) is 4.39 Å². The minimum Gasteiger partial charge on any atom is -0.352 e. The molecule has 0 aliphatic rings. The molecule has 0 saturated heterocycles. The van der Waals surface area contributed by atoms with Crippen molar-refractivity contribution >= 4 is 29.9 Å². The van der Waals surface area contributed by atoms with Crippen molar-refractivity contribution in [3.05, 3.63) is 71.0 Å². The number of rotatable bonds is 6. The normalized spacial score (nSPS) is 11.2. The van der Waals surface area contributed by atoms with Crippen LogP contribution in [-0.4, -0.2) is 44.0 Å². The summed E-state index contributed by atoms with van der Waals surface area (Å²) in [5.74, 6) is 0.563. The lowest BCUT2D eigenvalue weighted by molar-refractivity contribution is 0.402. The fraction of sp³-hybridized carbons (Fsp3) is 0.350. The molecule has 0 bridgehead atoms. The van der Waals surface area contributed by atoms with Crippen LogP contribution in [0.25, 0.3) is 0 Å². The number of hydrogen-bond donors (Lipinski definition) is 1. The molecule has 2 aromatic rings. The molecule has 4 nitrogen and oxygen atoms in total. The molecule has 0 saturated carbocycles. The average Bonchev–Trinajstić information content (AvgIpc) is 2.56. The van der Waals surface area contributed by atoms with Gasteiger partial charge in [0.1, 0.15) is 5.82 Å². The first-order valence-corrected chi connectivity index (χ1v) is 8.36. The molecule has 0 aromatic heterocycles. The molecule has 2 rings (SSSR count). The van der Waals surface area contributed by atoms with Crippen molar-refractivity contribution in [2.45, 2.75) is 19.6 Å². The van der Waals surface area contributed by atoms with Crippen LogP contribution in [-0.2, 0) is 19.6 Å². The predicted molar refractivity (Wildman–Crippen MR) is 117 cm³/mol. The molecule has 142 valence electrons. The van der Waals surface area contributed by atoms with E-state index in [1.54, 1.807) is 19.2 Å². The van der Waals surface area contributed by atoms with Gasteiger partial charge in [0.25, 0.3) is 0 Å². The van der Waals surface area contributed by atoms with Crippen molar-refractivity contribution in [2.75, 3.05) is 28.2 Å². The number of guanidine groups is 1. The van der Waals surface area contributed by atoms with E-state index in [-0.39, 0.29) is 29.8 Å². The van der Waals surface area contributed by atoms with E-state index < -0.39 is 0 Å². The van der Waals surface area contributed by atoms with Crippen molar-refractivity contribution in [2.24, 2.45) is 4.99 Å². The number of benzene rings is 2. The lowest BCUT2D eigenvalue weighted by Crippen LogP contribution is -2.38. The van der Waals surface area contributed by atoms with Crippen LogP contribution in [0.5, 0.6) is 0 Å². The maximum Gasteiger partial charge on any atom is 0.193 e. The van der Waals surface area contributed by atoms with Crippen LogP contribution in [0, 0.1) is 5.82 Å². The van der Waals surface area contributed by atoms with Crippen molar-refractivity contribution in [3.63, 3.8) is 0 Å². The molecule has 0 radical (unpaired) electrons. The highest BCUT2D eigenvalue weighted by Crippen LogP contribution is 2.08. The third-order valence-electron chi connectivity index (χ3n) is 3.85. The van der Waals surface area contributed by atoms with Gasteiger partial charge in [0.15, 0.2) is 5.96 Å². The van der Waals surface area contributed by atoms with Gasteiger partial charge >= 0.3 is 0 Å². The quantitative estimate of drug-likeness (QED) is 0.397. The summed E-state index contributed by atoms with van der Waals surface area (Å²) in [6, 6.07) is 15.2. The molecular weight excluding hydrogens is 442 g/mol. The van der Waals surface area contributed by atoms with Gasteiger partial charge in [-0.15, -0.1) is 24.0 Å². The minimum absolute atomic E-state index is 0. The Morgan fingerprint density at radius 3 is 2.19 bits per heavy atom. The molecule has 2 aromatic carbocycles. The smallest absolute Gasteiger partial charge is 0.193 e. The number of nitrogens with zero attached hydrogens (tertiary/aromatic N) is 3. The van der Waals surface area contributed by atoms with Crippen molar-refractivity contribution in [1.82, 2.24) is 15.1 Å². The topological polar surface area (TPSA) is 30.9 Å². The van der Waals surface area contributed by atoms with Crippen LogP contribution in [0.2, 0.25) is 0 Å². The minimum atomic E-state index is -0.216. The highest BCUT2D eigenvalue weighted by atomic mass is 127. The second kappa shape index (κ2) is 11.1. The van der Waals surface area contributed by atoms with Crippen LogP contribution in [0.15, 0.2) is 53.5 Å². The zero-order valence-corrected chi connectivity index (χ0v) is 18.2. The molecule has 0 spiro atoms. The van der Waals surface area contributed by atoms with Crippen molar-refractivity contribution in [1.29, 1.82) is 0 Å². The highest BCUT2D eigenvalue weighted by molar-refractivity contribution is 14.0. The van der Waals surface area contributed by atoms with Gasteiger partial charge in [0.2, 0.25) is 0 Å². The Hall–Kier alpha value is -1.67. The summed E-state index contributed by atoms with van der Waals surface area (Å²) in [4.78, 5) is 8.44. The molecule has 26 heavy (non-hydrogen) atoms. The van der Waals surface area contributed by atoms with Crippen molar-refractivity contribution < 1.29 is 4.39 Å². The lowest BCUT2D eigenvalue weighted by Gasteiger charge is -2.22. The largest absolute Gasteiger partial charge is 0.352 e. The van der Waals surface area contributed by atoms with Crippen LogP contribution in [0.3, 0.4) is 0 Å². The summed E-state index contributed by atoms with van der Waals surface area (Å²) in [5.41, 5.74) is 3.41. The van der Waals surface area contributed by atoms with E-state index in [1.165, 1.54) is 17.2 Å². The first kappa shape index (κ1) is 22.4. The van der Waals surface area contributed by atoms with Crippen LogP contribution < -0.4 is 5.32 Å². The third kappa shape index (κ3) is 7.29. The summed E-state index contributed by atoms with van der Waals surface area (Å²) in [6.07, 6.45) is 0. The molecule has 0 aliphatic heterocycles. The molecular formula is C20H28FIN4. The summed E-state index contributed by atoms with van der Waals surface area (Å²) in [7, 11) is 7.83. The molecule has 0 fully saturated rings. The van der Waals surface area contributed by atoms with E-state index >= 15 is 0 Å². The number of hydrogen-bond acceptors (Lipinski definition) is 2. The highest BCUT2D eigenvalue weighted by Gasteiger charge is 2.07. The van der Waals surface area contributed by atoms with E-state index in [0.29, 0.717) is 13.1 Å². The SMILES string of the molecule is CN=C(NCc1ccc(CN(C)C)cc1)N(C)Cc1cccc(F)c1.I. The van der Waals surface area contributed by atoms with Gasteiger partial charge in [0.05, 0.1) is 0 Å². The lowest BCUT2D eigenvalue weighted by atomic mass is 10.1. The van der Waals surface area contributed by atoms with Gasteiger partial charge in [-0.05, 0) is 42.9 Å². The van der Waals surface area contributed by atoms with Gasteiger partial charge in [-0.1, -0.05) is 36.4 Å². The number of aliphatic imine (C=N–C) groups is 1. The second-order valence-electron chi connectivity index (χ2n) is 6.44. The van der Waals surface area contributed by atoms with Gasteiger partial charge < -0.3 is 15.1 Å². The molecule has 0 amide bonds. The molecule has 1 N–H and O–H groups in total. The van der Waals surface area contributed by atoms with E-state index in [0.717, 1.165) is 18.1 Å². The molecule has 6 heteroatoms. The van der Waals surface area contributed by atoms with Crippen LogP contribution >= 0.6 is 24.0 Å². The molecule has 0 aliphatic carbocycles. The van der Waals surface area contributed by atoms with Gasteiger partial charge in [-0.2, -0.15) is 0 Å². The Morgan fingerprint density at radius 1 is 0.962 bits per heavy atom. The summed E-state index contributed by atoms with van der Waals surface area (Å²) >= 11 is 0. The Morgan fingerprint density at radius 2 is 1.62 bits per heavy atom. The monoisotopic (exact) mass is 470 g/mol. The number of nitrogens with one attached hydrogen (secondary N) is 1. The van der Waals surface area contributed by atoms with Crippen LogP contribution in [0.1, 0.15) is 16.7 Å². The first-order chi connectivity index (χ1) is 12.0. The maximum atomic E-state index is 13.3. The van der Waals surface area contributed by atoms with E-state index in [2.05, 4.69) is 53.6 Å². The zero-order chi connectivity index (χ0) is 18.2. The summed E-state index contributed by atoms with van der Waals surface area (Å²) < 4.78 is 13.3. The first-order valence-electron chi connectivity index (χ1n) is 8.36. The predicted octanol–water partition coefficient (Wildman–Crippen LogP) is 3.71. The fourth-order valence-electron chi connectivity index (χ4n) is 2.68. The molecule has 0 unspecified atom stereocenters. The van der Waals surface area contributed by atoms with E-state index in [4.69, 9.17) is 0 Å². The van der Waals surface area contributed by atoms with Crippen molar-refractivity contribution in [3.8, 4) is 0 Å². The van der Waals surface area contributed by atoms with E-state index in [1.807, 2.05) is 18.0 Å². The summed E-state index contributed by atoms with van der Waals surface area (Å²) in [6.45, 7) is 2.23. The van der Waals surface area contributed by atoms with E-state index in [9.17, 15) is 4.39 Å². The third-order valence-corrected chi connectivity index (χ3v) is 3.85. The van der Waals surface area contributed by atoms with Gasteiger partial charge in [0, 0.05) is 33.7 Å².